The molecule has 2 rings (SSSR count). The zero-order valence-electron chi connectivity index (χ0n) is 11.4. The van der Waals surface area contributed by atoms with Crippen LogP contribution in [-0.4, -0.2) is 11.3 Å². The van der Waals surface area contributed by atoms with Crippen molar-refractivity contribution in [2.75, 3.05) is 0 Å². The van der Waals surface area contributed by atoms with Gasteiger partial charge in [-0.1, -0.05) is 50.2 Å². The summed E-state index contributed by atoms with van der Waals surface area (Å²) < 4.78 is 0. The van der Waals surface area contributed by atoms with Crippen LogP contribution in [0, 0.1) is 5.92 Å². The third-order valence-corrected chi connectivity index (χ3v) is 3.26. The number of nitrogens with two attached hydrogens (primary N) is 1. The second-order valence-corrected chi connectivity index (χ2v) is 5.21. The molecule has 3 heteroatoms. The lowest BCUT2D eigenvalue weighted by atomic mass is 9.93. The zero-order chi connectivity index (χ0) is 13.8. The van der Waals surface area contributed by atoms with Gasteiger partial charge in [0.25, 0.3) is 0 Å². The van der Waals surface area contributed by atoms with Crippen LogP contribution in [0.1, 0.15) is 37.5 Å². The molecule has 0 saturated carbocycles. The molecule has 19 heavy (non-hydrogen) atoms. The monoisotopic (exact) mass is 256 g/mol. The third kappa shape index (κ3) is 2.93. The Labute approximate surface area is 113 Å². The van der Waals surface area contributed by atoms with Gasteiger partial charge >= 0.3 is 0 Å². The highest BCUT2D eigenvalue weighted by Crippen LogP contribution is 2.29. The Kier molecular flexibility index (Phi) is 4.17. The van der Waals surface area contributed by atoms with Crippen LogP contribution in [0.15, 0.2) is 41.5 Å². The van der Waals surface area contributed by atoms with Gasteiger partial charge in [-0.25, -0.2) is 0 Å². The van der Waals surface area contributed by atoms with Gasteiger partial charge in [0.05, 0.1) is 12.3 Å². The maximum atomic E-state index is 10.4. The summed E-state index contributed by atoms with van der Waals surface area (Å²) in [4.78, 5) is 0. The van der Waals surface area contributed by atoms with Crippen molar-refractivity contribution < 1.29 is 5.11 Å². The second-order valence-electron chi connectivity index (χ2n) is 5.21. The van der Waals surface area contributed by atoms with Crippen molar-refractivity contribution >= 4 is 17.0 Å². The molecule has 0 amide bonds. The minimum atomic E-state index is -0.436. The average Bonchev–Trinajstić information content (AvgIpc) is 2.38. The highest BCUT2D eigenvalue weighted by atomic mass is 16.3. The number of hydrazone groups is 1. The van der Waals surface area contributed by atoms with E-state index in [0.29, 0.717) is 5.92 Å². The van der Waals surface area contributed by atoms with Crippen molar-refractivity contribution in [1.29, 1.82) is 0 Å². The van der Waals surface area contributed by atoms with Gasteiger partial charge in [0.2, 0.25) is 0 Å². The smallest absolute Gasteiger partial charge is 0.0798 e. The van der Waals surface area contributed by atoms with Crippen molar-refractivity contribution in [1.82, 2.24) is 0 Å². The molecule has 2 aromatic carbocycles. The molecule has 0 heterocycles. The highest BCUT2D eigenvalue weighted by Gasteiger charge is 2.13. The molecule has 1 unspecified atom stereocenters. The Morgan fingerprint density at radius 3 is 2.47 bits per heavy atom. The van der Waals surface area contributed by atoms with Gasteiger partial charge in [-0.05, 0) is 28.7 Å². The van der Waals surface area contributed by atoms with Gasteiger partial charge in [-0.15, -0.1) is 0 Å². The molecule has 3 nitrogen and oxygen atoms in total. The molecule has 0 aliphatic carbocycles. The molecule has 1 atom stereocenters. The standard InChI is InChI=1S/C16H20N2O/c1-11(2)9-16(19)15-8-7-12(10-18-17)13-5-3-4-6-14(13)15/h3-8,10-11,16,19H,9,17H2,1-2H3. The maximum absolute atomic E-state index is 10.4. The number of hydrogen-bond acceptors (Lipinski definition) is 3. The molecule has 3 N–H and O–H groups in total. The molecular formula is C16H20N2O. The van der Waals surface area contributed by atoms with Crippen LogP contribution in [0.3, 0.4) is 0 Å². The first-order valence-corrected chi connectivity index (χ1v) is 6.56. The topological polar surface area (TPSA) is 58.6 Å². The molecule has 0 aromatic heterocycles. The Hall–Kier alpha value is -1.87. The van der Waals surface area contributed by atoms with Gasteiger partial charge in [0.1, 0.15) is 0 Å². The summed E-state index contributed by atoms with van der Waals surface area (Å²) in [5, 5.41) is 16.1. The van der Waals surface area contributed by atoms with Gasteiger partial charge in [0, 0.05) is 5.56 Å². The van der Waals surface area contributed by atoms with E-state index in [1.54, 1.807) is 6.21 Å². The Morgan fingerprint density at radius 1 is 1.16 bits per heavy atom. The lowest BCUT2D eigenvalue weighted by Gasteiger charge is -2.16. The molecule has 0 bridgehead atoms. The van der Waals surface area contributed by atoms with E-state index in [-0.39, 0.29) is 0 Å². The van der Waals surface area contributed by atoms with Crippen LogP contribution in [-0.2, 0) is 0 Å². The van der Waals surface area contributed by atoms with Crippen LogP contribution in [0.5, 0.6) is 0 Å². The Balaban J connectivity index is 2.55. The molecule has 2 aromatic rings. The molecular weight excluding hydrogens is 236 g/mol. The summed E-state index contributed by atoms with van der Waals surface area (Å²) in [7, 11) is 0. The van der Waals surface area contributed by atoms with E-state index in [0.717, 1.165) is 28.3 Å². The fraction of sp³-hybridized carbons (Fsp3) is 0.312. The summed E-state index contributed by atoms with van der Waals surface area (Å²) in [6, 6.07) is 11.9. The fourth-order valence-corrected chi connectivity index (χ4v) is 2.40. The van der Waals surface area contributed by atoms with Crippen LogP contribution in [0.25, 0.3) is 10.8 Å². The van der Waals surface area contributed by atoms with Crippen LogP contribution >= 0.6 is 0 Å². The highest BCUT2D eigenvalue weighted by molar-refractivity contribution is 6.01. The van der Waals surface area contributed by atoms with Gasteiger partial charge in [-0.3, -0.25) is 0 Å². The largest absolute Gasteiger partial charge is 0.388 e. The van der Waals surface area contributed by atoms with E-state index in [1.165, 1.54) is 0 Å². The predicted molar refractivity (Wildman–Crippen MR) is 80.1 cm³/mol. The summed E-state index contributed by atoms with van der Waals surface area (Å²) in [5.41, 5.74) is 1.94. The van der Waals surface area contributed by atoms with Crippen molar-refractivity contribution in [3.63, 3.8) is 0 Å². The lowest BCUT2D eigenvalue weighted by molar-refractivity contribution is 0.152. The summed E-state index contributed by atoms with van der Waals surface area (Å²) >= 11 is 0. The third-order valence-electron chi connectivity index (χ3n) is 3.26. The van der Waals surface area contributed by atoms with Crippen LogP contribution < -0.4 is 5.84 Å². The number of rotatable bonds is 4. The van der Waals surface area contributed by atoms with Gasteiger partial charge in [-0.2, -0.15) is 5.10 Å². The van der Waals surface area contributed by atoms with E-state index in [9.17, 15) is 5.11 Å². The number of fused-ring (bicyclic) bond motifs is 1. The second kappa shape index (κ2) is 5.85. The van der Waals surface area contributed by atoms with E-state index in [2.05, 4.69) is 18.9 Å². The first-order chi connectivity index (χ1) is 9.13. The van der Waals surface area contributed by atoms with E-state index >= 15 is 0 Å². The molecule has 0 radical (unpaired) electrons. The normalized spacial score (nSPS) is 13.5. The summed E-state index contributed by atoms with van der Waals surface area (Å²) in [6.45, 7) is 4.22. The van der Waals surface area contributed by atoms with Crippen molar-refractivity contribution in [3.8, 4) is 0 Å². The maximum Gasteiger partial charge on any atom is 0.0798 e. The number of nitrogens with zero attached hydrogens (tertiary/aromatic N) is 1. The van der Waals surface area contributed by atoms with Crippen LogP contribution in [0.4, 0.5) is 0 Å². The minimum absolute atomic E-state index is 0.436. The van der Waals surface area contributed by atoms with Gasteiger partial charge in [0.15, 0.2) is 0 Å². The zero-order valence-corrected chi connectivity index (χ0v) is 11.4. The van der Waals surface area contributed by atoms with Crippen molar-refractivity contribution in [2.45, 2.75) is 26.4 Å². The Bertz CT molecular complexity index is 590. The summed E-state index contributed by atoms with van der Waals surface area (Å²) in [5.74, 6) is 5.69. The van der Waals surface area contributed by atoms with E-state index in [4.69, 9.17) is 5.84 Å². The van der Waals surface area contributed by atoms with E-state index in [1.807, 2.05) is 36.4 Å². The SMILES string of the molecule is CC(C)CC(O)c1ccc(C=NN)c2ccccc12. The molecule has 0 spiro atoms. The average molecular weight is 256 g/mol. The molecule has 0 saturated heterocycles. The van der Waals surface area contributed by atoms with Gasteiger partial charge < -0.3 is 10.9 Å². The lowest BCUT2D eigenvalue weighted by Crippen LogP contribution is -2.03. The van der Waals surface area contributed by atoms with Crippen LogP contribution in [0.2, 0.25) is 0 Å². The fourth-order valence-electron chi connectivity index (χ4n) is 2.40. The Morgan fingerprint density at radius 2 is 1.84 bits per heavy atom. The first-order valence-electron chi connectivity index (χ1n) is 6.56. The number of aliphatic hydroxyl groups is 1. The predicted octanol–water partition coefficient (Wildman–Crippen LogP) is 3.21. The first kappa shape index (κ1) is 13.6. The molecule has 0 aliphatic heterocycles. The minimum Gasteiger partial charge on any atom is -0.388 e. The number of aliphatic hydroxyl groups excluding tert-OH is 1. The summed E-state index contributed by atoms with van der Waals surface area (Å²) in [6.07, 6.45) is 1.96. The quantitative estimate of drug-likeness (QED) is 0.501. The van der Waals surface area contributed by atoms with Crippen molar-refractivity contribution in [3.05, 3.63) is 47.5 Å². The molecule has 0 fully saturated rings. The number of hydrogen-bond donors (Lipinski definition) is 2. The number of benzene rings is 2. The molecule has 100 valence electrons. The van der Waals surface area contributed by atoms with Crippen molar-refractivity contribution in [2.24, 2.45) is 16.9 Å². The van der Waals surface area contributed by atoms with E-state index < -0.39 is 6.10 Å². The molecule has 0 aliphatic rings.